The molecule has 0 aliphatic carbocycles. The van der Waals surface area contributed by atoms with Gasteiger partial charge in [-0.1, -0.05) is 0 Å². The molecule has 0 spiro atoms. The summed E-state index contributed by atoms with van der Waals surface area (Å²) in [4.78, 5) is 18.2. The number of nitrogens with zero attached hydrogens (tertiary/aromatic N) is 4. The number of carbonyl (C=O) groups excluding carboxylic acids is 1. The average molecular weight is 211 g/mol. The number of rotatable bonds is 0. The van der Waals surface area contributed by atoms with E-state index in [1.54, 1.807) is 0 Å². The number of urea groups is 1. The highest BCUT2D eigenvalue weighted by atomic mass is 16.2. The zero-order chi connectivity index (χ0) is 10.7. The van der Waals surface area contributed by atoms with Gasteiger partial charge in [0, 0.05) is 52.4 Å². The topological polar surface area (TPSA) is 40.9 Å². The summed E-state index contributed by atoms with van der Waals surface area (Å²) in [6.45, 7) is 6.91. The largest absolute Gasteiger partial charge is 0.322 e. The molecular formula is C10H19N4O. The van der Waals surface area contributed by atoms with Crippen molar-refractivity contribution in [3.8, 4) is 0 Å². The normalized spacial score (nSPS) is 24.3. The first-order valence-corrected chi connectivity index (χ1v) is 5.63. The minimum Gasteiger partial charge on any atom is -0.322 e. The highest BCUT2D eigenvalue weighted by Gasteiger charge is 2.24. The van der Waals surface area contributed by atoms with Gasteiger partial charge >= 0.3 is 6.03 Å². The Balaban J connectivity index is 1.84. The second-order valence-corrected chi connectivity index (χ2v) is 4.23. The van der Waals surface area contributed by atoms with E-state index in [2.05, 4.69) is 17.3 Å². The summed E-state index contributed by atoms with van der Waals surface area (Å²) < 4.78 is 0. The number of carbonyl (C=O) groups is 1. The zero-order valence-corrected chi connectivity index (χ0v) is 9.35. The van der Waals surface area contributed by atoms with Crippen molar-refractivity contribution in [2.24, 2.45) is 0 Å². The molecule has 1 radical (unpaired) electrons. The third kappa shape index (κ3) is 2.60. The Morgan fingerprint density at radius 2 is 1.47 bits per heavy atom. The van der Waals surface area contributed by atoms with E-state index < -0.39 is 0 Å². The van der Waals surface area contributed by atoms with Crippen LogP contribution >= 0.6 is 0 Å². The predicted molar refractivity (Wildman–Crippen MR) is 57.9 cm³/mol. The second kappa shape index (κ2) is 4.81. The van der Waals surface area contributed by atoms with Crippen molar-refractivity contribution in [3.05, 3.63) is 0 Å². The first-order valence-electron chi connectivity index (χ1n) is 5.63. The van der Waals surface area contributed by atoms with E-state index in [1.165, 1.54) is 0 Å². The van der Waals surface area contributed by atoms with Crippen LogP contribution < -0.4 is 5.32 Å². The van der Waals surface area contributed by atoms with E-state index in [0.29, 0.717) is 0 Å². The number of likely N-dealkylation sites (N-methyl/N-ethyl adjacent to an activating group) is 1. The quantitative estimate of drug-likeness (QED) is 0.530. The lowest BCUT2D eigenvalue weighted by atomic mass is 10.3. The van der Waals surface area contributed by atoms with Gasteiger partial charge in [-0.3, -0.25) is 0 Å². The Bertz CT molecular complexity index is 219. The maximum Gasteiger partial charge on any atom is 0.320 e. The molecule has 2 aliphatic rings. The SMILES string of the molecule is CN1CCN(C(=O)N2CC[N]CC2)CC1. The molecule has 2 amide bonds. The standard InChI is InChI=1S/C10H19N4O/c1-12-6-8-14(9-7-12)10(15)13-4-2-11-3-5-13/h2-9H2,1H3. The Hall–Kier alpha value is -0.810. The maximum atomic E-state index is 12.1. The van der Waals surface area contributed by atoms with Crippen molar-refractivity contribution in [2.75, 3.05) is 59.4 Å². The minimum absolute atomic E-state index is 0.206. The Labute approximate surface area is 91.0 Å². The zero-order valence-electron chi connectivity index (χ0n) is 9.35. The van der Waals surface area contributed by atoms with Crippen LogP contribution in [-0.2, 0) is 0 Å². The van der Waals surface area contributed by atoms with Gasteiger partial charge in [0.2, 0.25) is 0 Å². The van der Waals surface area contributed by atoms with E-state index >= 15 is 0 Å². The second-order valence-electron chi connectivity index (χ2n) is 4.23. The highest BCUT2D eigenvalue weighted by molar-refractivity contribution is 5.74. The molecule has 2 fully saturated rings. The van der Waals surface area contributed by atoms with Gasteiger partial charge in [-0.15, -0.1) is 0 Å². The van der Waals surface area contributed by atoms with Crippen LogP contribution in [-0.4, -0.2) is 80.1 Å². The van der Waals surface area contributed by atoms with E-state index in [0.717, 1.165) is 52.4 Å². The first-order chi connectivity index (χ1) is 7.27. The molecule has 2 saturated heterocycles. The molecule has 0 aromatic heterocycles. The molecule has 0 aromatic carbocycles. The van der Waals surface area contributed by atoms with Crippen LogP contribution in [0, 0.1) is 0 Å². The molecule has 2 aliphatic heterocycles. The minimum atomic E-state index is 0.206. The molecule has 0 bridgehead atoms. The molecule has 15 heavy (non-hydrogen) atoms. The molecule has 2 heterocycles. The van der Waals surface area contributed by atoms with Crippen LogP contribution in [0.5, 0.6) is 0 Å². The van der Waals surface area contributed by atoms with Crippen LogP contribution in [0.2, 0.25) is 0 Å². The molecular weight excluding hydrogens is 192 g/mol. The molecule has 0 N–H and O–H groups in total. The number of amides is 2. The van der Waals surface area contributed by atoms with Gasteiger partial charge in [0.05, 0.1) is 0 Å². The van der Waals surface area contributed by atoms with Crippen LogP contribution in [0.3, 0.4) is 0 Å². The van der Waals surface area contributed by atoms with Crippen LogP contribution in [0.15, 0.2) is 0 Å². The van der Waals surface area contributed by atoms with Gasteiger partial charge in [0.25, 0.3) is 0 Å². The van der Waals surface area contributed by atoms with Crippen LogP contribution in [0.4, 0.5) is 4.79 Å². The van der Waals surface area contributed by atoms with E-state index in [1.807, 2.05) is 9.80 Å². The van der Waals surface area contributed by atoms with E-state index in [-0.39, 0.29) is 6.03 Å². The molecule has 0 unspecified atom stereocenters. The van der Waals surface area contributed by atoms with Gasteiger partial charge < -0.3 is 14.7 Å². The predicted octanol–water partition coefficient (Wildman–Crippen LogP) is -0.726. The molecule has 85 valence electrons. The summed E-state index contributed by atoms with van der Waals surface area (Å²) >= 11 is 0. The lowest BCUT2D eigenvalue weighted by Crippen LogP contribution is -2.54. The lowest BCUT2D eigenvalue weighted by molar-refractivity contribution is 0.118. The number of hydrogen-bond acceptors (Lipinski definition) is 2. The fourth-order valence-electron chi connectivity index (χ4n) is 2.00. The smallest absolute Gasteiger partial charge is 0.320 e. The number of piperazine rings is 2. The van der Waals surface area contributed by atoms with Crippen LogP contribution in [0.25, 0.3) is 0 Å². The summed E-state index contributed by atoms with van der Waals surface area (Å²) in [5.41, 5.74) is 0. The van der Waals surface area contributed by atoms with Gasteiger partial charge in [-0.05, 0) is 7.05 Å². The highest BCUT2D eigenvalue weighted by Crippen LogP contribution is 2.05. The fourth-order valence-corrected chi connectivity index (χ4v) is 2.00. The van der Waals surface area contributed by atoms with Gasteiger partial charge in [0.15, 0.2) is 0 Å². The first kappa shape index (κ1) is 10.7. The Morgan fingerprint density at radius 3 is 2.07 bits per heavy atom. The summed E-state index contributed by atoms with van der Waals surface area (Å²) in [6.07, 6.45) is 0. The Kier molecular flexibility index (Phi) is 3.43. The summed E-state index contributed by atoms with van der Waals surface area (Å²) in [6, 6.07) is 0.206. The van der Waals surface area contributed by atoms with Crippen LogP contribution in [0.1, 0.15) is 0 Å². The maximum absolute atomic E-state index is 12.1. The van der Waals surface area contributed by atoms with Gasteiger partial charge in [0.1, 0.15) is 0 Å². The van der Waals surface area contributed by atoms with Crippen molar-refractivity contribution in [1.29, 1.82) is 0 Å². The number of hydrogen-bond donors (Lipinski definition) is 0. The summed E-state index contributed by atoms with van der Waals surface area (Å²) in [5, 5.41) is 4.25. The third-order valence-corrected chi connectivity index (χ3v) is 3.10. The van der Waals surface area contributed by atoms with Crippen molar-refractivity contribution >= 4 is 6.03 Å². The summed E-state index contributed by atoms with van der Waals surface area (Å²) in [7, 11) is 2.10. The lowest BCUT2D eigenvalue weighted by Gasteiger charge is -2.37. The molecule has 0 atom stereocenters. The monoisotopic (exact) mass is 211 g/mol. The van der Waals surface area contributed by atoms with Gasteiger partial charge in [-0.25, -0.2) is 10.1 Å². The molecule has 0 saturated carbocycles. The fraction of sp³-hybridized carbons (Fsp3) is 0.900. The van der Waals surface area contributed by atoms with Crippen molar-refractivity contribution in [3.63, 3.8) is 0 Å². The van der Waals surface area contributed by atoms with Crippen molar-refractivity contribution in [1.82, 2.24) is 20.0 Å². The molecule has 2 rings (SSSR count). The molecule has 5 heteroatoms. The van der Waals surface area contributed by atoms with E-state index in [9.17, 15) is 4.79 Å². The average Bonchev–Trinajstić information content (AvgIpc) is 2.30. The Morgan fingerprint density at radius 1 is 0.933 bits per heavy atom. The van der Waals surface area contributed by atoms with Crippen molar-refractivity contribution < 1.29 is 4.79 Å². The van der Waals surface area contributed by atoms with E-state index in [4.69, 9.17) is 0 Å². The molecule has 0 aromatic rings. The third-order valence-electron chi connectivity index (χ3n) is 3.10. The van der Waals surface area contributed by atoms with Gasteiger partial charge in [-0.2, -0.15) is 0 Å². The van der Waals surface area contributed by atoms with Crippen molar-refractivity contribution in [2.45, 2.75) is 0 Å². The molecule has 5 nitrogen and oxygen atoms in total. The summed E-state index contributed by atoms with van der Waals surface area (Å²) in [5.74, 6) is 0.